The first kappa shape index (κ1) is 23.9. The Hall–Kier alpha value is -4.26. The lowest BCUT2D eigenvalue weighted by molar-refractivity contribution is -0.140. The third-order valence-corrected chi connectivity index (χ3v) is 5.77. The van der Waals surface area contributed by atoms with E-state index in [1.165, 1.54) is 11.0 Å². The Balaban J connectivity index is 1.85. The Morgan fingerprint density at radius 1 is 0.914 bits per heavy atom. The number of carbonyl (C=O) groups is 2. The molecule has 0 radical (unpaired) electrons. The van der Waals surface area contributed by atoms with E-state index in [2.05, 4.69) is 0 Å². The summed E-state index contributed by atoms with van der Waals surface area (Å²) < 4.78 is 11.0. The van der Waals surface area contributed by atoms with Crippen LogP contribution in [-0.2, 0) is 16.1 Å². The van der Waals surface area contributed by atoms with Crippen LogP contribution in [0.1, 0.15) is 36.6 Å². The number of aromatic hydroxyl groups is 1. The Bertz CT molecular complexity index is 1250. The number of benzene rings is 3. The molecule has 1 saturated heterocycles. The van der Waals surface area contributed by atoms with Crippen molar-refractivity contribution in [1.29, 1.82) is 0 Å². The van der Waals surface area contributed by atoms with Crippen LogP contribution >= 0.6 is 0 Å². The second-order valence-corrected chi connectivity index (χ2v) is 8.03. The number of hydrogen-bond donors (Lipinski definition) is 2. The van der Waals surface area contributed by atoms with Crippen LogP contribution in [0.15, 0.2) is 78.4 Å². The van der Waals surface area contributed by atoms with Gasteiger partial charge in [-0.2, -0.15) is 0 Å². The van der Waals surface area contributed by atoms with Gasteiger partial charge in [0.25, 0.3) is 11.7 Å². The van der Waals surface area contributed by atoms with E-state index in [1.807, 2.05) is 37.3 Å². The third-order valence-electron chi connectivity index (χ3n) is 5.77. The van der Waals surface area contributed by atoms with Crippen molar-refractivity contribution in [3.63, 3.8) is 0 Å². The van der Waals surface area contributed by atoms with Crippen LogP contribution < -0.4 is 9.47 Å². The summed E-state index contributed by atoms with van der Waals surface area (Å²) in [6.45, 7) is 4.66. The monoisotopic (exact) mass is 473 g/mol. The minimum Gasteiger partial charge on any atom is -0.507 e. The van der Waals surface area contributed by atoms with Gasteiger partial charge in [0.1, 0.15) is 11.5 Å². The fourth-order valence-corrected chi connectivity index (χ4v) is 4.17. The molecule has 1 amide bonds. The molecular weight excluding hydrogens is 446 g/mol. The van der Waals surface area contributed by atoms with E-state index >= 15 is 0 Å². The molecule has 1 aliphatic rings. The maximum absolute atomic E-state index is 13.2. The summed E-state index contributed by atoms with van der Waals surface area (Å²) in [4.78, 5) is 27.9. The zero-order chi connectivity index (χ0) is 24.9. The summed E-state index contributed by atoms with van der Waals surface area (Å²) >= 11 is 0. The topological polar surface area (TPSA) is 96.3 Å². The predicted octanol–water partition coefficient (Wildman–Crippen LogP) is 4.81. The van der Waals surface area contributed by atoms with Crippen molar-refractivity contribution in [2.24, 2.45) is 0 Å². The van der Waals surface area contributed by atoms with Gasteiger partial charge in [-0.15, -0.1) is 0 Å². The van der Waals surface area contributed by atoms with E-state index in [9.17, 15) is 19.8 Å². The molecule has 7 nitrogen and oxygen atoms in total. The molecule has 35 heavy (non-hydrogen) atoms. The summed E-state index contributed by atoms with van der Waals surface area (Å²) in [6, 6.07) is 19.8. The number of nitrogens with zero attached hydrogens (tertiary/aromatic N) is 1. The van der Waals surface area contributed by atoms with Crippen molar-refractivity contribution in [3.8, 4) is 17.2 Å². The standard InChI is InChI=1S/C28H27NO6/c1-3-34-21-13-10-19(11-14-21)26(31)24-25(20-12-15-22(30)23(16-20)35-4-2)29(28(33)27(24)32)17-18-8-6-5-7-9-18/h5-16,25,30-31H,3-4,17H2,1-2H3/b26-24+. The number of ether oxygens (including phenoxy) is 2. The fourth-order valence-electron chi connectivity index (χ4n) is 4.17. The Labute approximate surface area is 203 Å². The van der Waals surface area contributed by atoms with E-state index in [1.54, 1.807) is 43.3 Å². The molecule has 3 aromatic rings. The van der Waals surface area contributed by atoms with Crippen LogP contribution in [0, 0.1) is 0 Å². The van der Waals surface area contributed by atoms with Crippen molar-refractivity contribution < 1.29 is 29.3 Å². The van der Waals surface area contributed by atoms with E-state index in [0.29, 0.717) is 30.1 Å². The van der Waals surface area contributed by atoms with E-state index < -0.39 is 17.7 Å². The van der Waals surface area contributed by atoms with Gasteiger partial charge >= 0.3 is 0 Å². The number of ketones is 1. The Morgan fingerprint density at radius 3 is 2.26 bits per heavy atom. The summed E-state index contributed by atoms with van der Waals surface area (Å²) in [5.74, 6) is -0.956. The van der Waals surface area contributed by atoms with Gasteiger partial charge in [0, 0.05) is 12.1 Å². The van der Waals surface area contributed by atoms with Crippen LogP contribution in [0.25, 0.3) is 5.76 Å². The highest BCUT2D eigenvalue weighted by Gasteiger charge is 2.46. The maximum Gasteiger partial charge on any atom is 0.295 e. The average Bonchev–Trinajstić information content (AvgIpc) is 3.11. The molecule has 1 fully saturated rings. The van der Waals surface area contributed by atoms with Gasteiger partial charge in [-0.05, 0) is 61.4 Å². The molecule has 0 aromatic heterocycles. The van der Waals surface area contributed by atoms with Gasteiger partial charge in [-0.25, -0.2) is 0 Å². The Kier molecular flexibility index (Phi) is 7.06. The predicted molar refractivity (Wildman–Crippen MR) is 131 cm³/mol. The molecule has 1 atom stereocenters. The molecule has 1 aliphatic heterocycles. The SMILES string of the molecule is CCOc1ccc(/C(O)=C2\C(=O)C(=O)N(Cc3ccccc3)C2c2ccc(O)c(OCC)c2)cc1. The van der Waals surface area contributed by atoms with Gasteiger partial charge in [0.05, 0.1) is 24.8 Å². The first-order valence-electron chi connectivity index (χ1n) is 11.5. The number of likely N-dealkylation sites (tertiary alicyclic amines) is 1. The molecule has 7 heteroatoms. The quantitative estimate of drug-likeness (QED) is 0.277. The molecule has 0 bridgehead atoms. The van der Waals surface area contributed by atoms with Gasteiger partial charge < -0.3 is 24.6 Å². The van der Waals surface area contributed by atoms with Gasteiger partial charge in [-0.1, -0.05) is 36.4 Å². The molecule has 0 saturated carbocycles. The Morgan fingerprint density at radius 2 is 1.60 bits per heavy atom. The third kappa shape index (κ3) is 4.84. The summed E-state index contributed by atoms with van der Waals surface area (Å²) in [7, 11) is 0. The van der Waals surface area contributed by atoms with E-state index in [4.69, 9.17) is 9.47 Å². The largest absolute Gasteiger partial charge is 0.507 e. The first-order valence-corrected chi connectivity index (χ1v) is 11.5. The molecule has 180 valence electrons. The van der Waals surface area contributed by atoms with Crippen LogP contribution in [0.3, 0.4) is 0 Å². The number of carbonyl (C=O) groups excluding carboxylic acids is 2. The minimum atomic E-state index is -0.874. The van der Waals surface area contributed by atoms with Crippen LogP contribution in [0.2, 0.25) is 0 Å². The average molecular weight is 474 g/mol. The smallest absolute Gasteiger partial charge is 0.295 e. The normalized spacial score (nSPS) is 17.0. The number of phenols is 1. The molecule has 1 heterocycles. The molecule has 1 unspecified atom stereocenters. The lowest BCUT2D eigenvalue weighted by Crippen LogP contribution is -2.29. The van der Waals surface area contributed by atoms with Crippen molar-refractivity contribution in [2.45, 2.75) is 26.4 Å². The van der Waals surface area contributed by atoms with E-state index in [0.717, 1.165) is 5.56 Å². The van der Waals surface area contributed by atoms with Crippen LogP contribution in [0.4, 0.5) is 0 Å². The molecule has 0 aliphatic carbocycles. The highest BCUT2D eigenvalue weighted by atomic mass is 16.5. The number of rotatable bonds is 8. The summed E-state index contributed by atoms with van der Waals surface area (Å²) in [5, 5.41) is 21.4. The van der Waals surface area contributed by atoms with Crippen molar-refractivity contribution in [3.05, 3.63) is 95.1 Å². The van der Waals surface area contributed by atoms with Crippen molar-refractivity contribution >= 4 is 17.4 Å². The summed E-state index contributed by atoms with van der Waals surface area (Å²) in [6.07, 6.45) is 0. The fraction of sp³-hybridized carbons (Fsp3) is 0.214. The maximum atomic E-state index is 13.2. The zero-order valence-electron chi connectivity index (χ0n) is 19.6. The number of Topliss-reactive ketones (excluding diaryl/α,β-unsaturated/α-hetero) is 1. The first-order chi connectivity index (χ1) is 16.9. The van der Waals surface area contributed by atoms with Gasteiger partial charge in [0.2, 0.25) is 0 Å². The second-order valence-electron chi connectivity index (χ2n) is 8.03. The second kappa shape index (κ2) is 10.3. The lowest BCUT2D eigenvalue weighted by atomic mass is 9.94. The number of amides is 1. The highest BCUT2D eigenvalue weighted by Crippen LogP contribution is 2.42. The minimum absolute atomic E-state index is 0.0248. The van der Waals surface area contributed by atoms with Gasteiger partial charge in [-0.3, -0.25) is 9.59 Å². The van der Waals surface area contributed by atoms with Gasteiger partial charge in [0.15, 0.2) is 11.5 Å². The number of aliphatic hydroxyl groups is 1. The number of hydrogen-bond acceptors (Lipinski definition) is 6. The molecular formula is C28H27NO6. The lowest BCUT2D eigenvalue weighted by Gasteiger charge is -2.26. The molecule has 4 rings (SSSR count). The van der Waals surface area contributed by atoms with Crippen molar-refractivity contribution in [2.75, 3.05) is 13.2 Å². The zero-order valence-corrected chi connectivity index (χ0v) is 19.6. The molecule has 3 aromatic carbocycles. The molecule has 2 N–H and O–H groups in total. The number of phenolic OH excluding ortho intramolecular Hbond substituents is 1. The summed E-state index contributed by atoms with van der Waals surface area (Å²) in [5.41, 5.74) is 1.74. The highest BCUT2D eigenvalue weighted by molar-refractivity contribution is 6.46. The number of aliphatic hydroxyl groups excluding tert-OH is 1. The van der Waals surface area contributed by atoms with E-state index in [-0.39, 0.29) is 29.4 Å². The molecule has 0 spiro atoms. The van der Waals surface area contributed by atoms with Crippen molar-refractivity contribution in [1.82, 2.24) is 4.90 Å². The van der Waals surface area contributed by atoms with Crippen LogP contribution in [-0.4, -0.2) is 40.0 Å². The van der Waals surface area contributed by atoms with Crippen LogP contribution in [0.5, 0.6) is 17.2 Å².